The Labute approximate surface area is 110 Å². The molecule has 6 heteroatoms. The van der Waals surface area contributed by atoms with Gasteiger partial charge in [-0.3, -0.25) is 0 Å². The van der Waals surface area contributed by atoms with Gasteiger partial charge in [-0.15, -0.1) is 11.3 Å². The highest BCUT2D eigenvalue weighted by molar-refractivity contribution is 9.10. The lowest BCUT2D eigenvalue weighted by molar-refractivity contribution is 0.0694. The Bertz CT molecular complexity index is 559. The smallest absolute Gasteiger partial charge is 0.341 e. The largest absolute Gasteiger partial charge is 0.477 e. The van der Waals surface area contributed by atoms with Gasteiger partial charge in [0, 0.05) is 10.4 Å². The Kier molecular flexibility index (Phi) is 3.35. The molecule has 0 aromatic carbocycles. The third-order valence-electron chi connectivity index (χ3n) is 2.29. The molecule has 0 aliphatic heterocycles. The van der Waals surface area contributed by atoms with Crippen molar-refractivity contribution in [2.75, 3.05) is 0 Å². The Morgan fingerprint density at radius 2 is 2.29 bits per heavy atom. The van der Waals surface area contributed by atoms with Crippen molar-refractivity contribution in [3.63, 3.8) is 0 Å². The first-order valence-electron chi connectivity index (χ1n) is 4.98. The fourth-order valence-corrected chi connectivity index (χ4v) is 3.07. The number of hydrogen-bond donors (Lipinski definition) is 1. The second-order valence-corrected chi connectivity index (χ2v) is 5.60. The van der Waals surface area contributed by atoms with Crippen LogP contribution in [0.3, 0.4) is 0 Å². The van der Waals surface area contributed by atoms with Gasteiger partial charge >= 0.3 is 5.97 Å². The molecule has 0 aliphatic carbocycles. The molecule has 0 atom stereocenters. The lowest BCUT2D eigenvalue weighted by Crippen LogP contribution is -2.02. The van der Waals surface area contributed by atoms with E-state index in [1.807, 2.05) is 25.3 Å². The molecule has 2 aromatic rings. The molecular formula is C11H10BrNO3S. The minimum absolute atomic E-state index is 0.0129. The Hall–Kier alpha value is -1.14. The highest BCUT2D eigenvalue weighted by Crippen LogP contribution is 2.37. The van der Waals surface area contributed by atoms with Gasteiger partial charge in [0.2, 0.25) is 0 Å². The van der Waals surface area contributed by atoms with E-state index >= 15 is 0 Å². The highest BCUT2D eigenvalue weighted by atomic mass is 79.9. The SMILES string of the molecule is CC(C)c1onc(-c2sccc2Br)c1C(=O)O. The predicted octanol–water partition coefficient (Wildman–Crippen LogP) is 3.99. The van der Waals surface area contributed by atoms with Gasteiger partial charge in [0.05, 0.1) is 4.88 Å². The summed E-state index contributed by atoms with van der Waals surface area (Å²) in [4.78, 5) is 12.1. The van der Waals surface area contributed by atoms with E-state index in [4.69, 9.17) is 4.52 Å². The molecule has 17 heavy (non-hydrogen) atoms. The zero-order chi connectivity index (χ0) is 12.6. The van der Waals surface area contributed by atoms with Gasteiger partial charge in [-0.25, -0.2) is 4.79 Å². The molecule has 0 saturated heterocycles. The molecule has 2 rings (SSSR count). The van der Waals surface area contributed by atoms with Gasteiger partial charge in [0.15, 0.2) is 5.76 Å². The van der Waals surface area contributed by atoms with Crippen LogP contribution in [0, 0.1) is 0 Å². The number of aromatic nitrogens is 1. The standard InChI is InChI=1S/C11H10BrNO3S/c1-5(2)9-7(11(14)15)8(13-16-9)10-6(12)3-4-17-10/h3-5H,1-2H3,(H,14,15). The van der Waals surface area contributed by atoms with Crippen LogP contribution >= 0.6 is 27.3 Å². The van der Waals surface area contributed by atoms with Gasteiger partial charge in [0.25, 0.3) is 0 Å². The minimum atomic E-state index is -1.01. The van der Waals surface area contributed by atoms with Crippen LogP contribution in [-0.4, -0.2) is 16.2 Å². The van der Waals surface area contributed by atoms with E-state index in [1.54, 1.807) is 0 Å². The van der Waals surface area contributed by atoms with E-state index in [9.17, 15) is 9.90 Å². The van der Waals surface area contributed by atoms with E-state index in [-0.39, 0.29) is 11.5 Å². The van der Waals surface area contributed by atoms with Gasteiger partial charge in [-0.05, 0) is 27.4 Å². The first kappa shape index (κ1) is 12.3. The first-order chi connectivity index (χ1) is 8.02. The zero-order valence-electron chi connectivity index (χ0n) is 9.23. The average Bonchev–Trinajstić information content (AvgIpc) is 2.82. The van der Waals surface area contributed by atoms with Crippen LogP contribution < -0.4 is 0 Å². The summed E-state index contributed by atoms with van der Waals surface area (Å²) in [6, 6.07) is 1.86. The van der Waals surface area contributed by atoms with Crippen molar-refractivity contribution in [1.29, 1.82) is 0 Å². The molecular weight excluding hydrogens is 306 g/mol. The number of halogens is 1. The third kappa shape index (κ3) is 2.14. The lowest BCUT2D eigenvalue weighted by atomic mass is 10.0. The zero-order valence-corrected chi connectivity index (χ0v) is 11.6. The Balaban J connectivity index is 2.64. The molecule has 0 saturated carbocycles. The van der Waals surface area contributed by atoms with Crippen LogP contribution in [0.1, 0.15) is 35.9 Å². The summed E-state index contributed by atoms with van der Waals surface area (Å²) >= 11 is 4.79. The number of hydrogen-bond acceptors (Lipinski definition) is 4. The van der Waals surface area contributed by atoms with E-state index in [0.29, 0.717) is 11.5 Å². The molecule has 0 radical (unpaired) electrons. The molecule has 0 amide bonds. The molecule has 0 bridgehead atoms. The third-order valence-corrected chi connectivity index (χ3v) is 4.13. The predicted molar refractivity (Wildman–Crippen MR) is 68.6 cm³/mol. The van der Waals surface area contributed by atoms with Crippen molar-refractivity contribution >= 4 is 33.2 Å². The summed E-state index contributed by atoms with van der Waals surface area (Å²) in [5.74, 6) is -0.612. The second kappa shape index (κ2) is 4.62. The highest BCUT2D eigenvalue weighted by Gasteiger charge is 2.26. The maximum Gasteiger partial charge on any atom is 0.341 e. The normalized spacial score (nSPS) is 11.1. The number of nitrogens with zero attached hydrogens (tertiary/aromatic N) is 1. The summed E-state index contributed by atoms with van der Waals surface area (Å²) < 4.78 is 5.98. The van der Waals surface area contributed by atoms with E-state index in [0.717, 1.165) is 9.35 Å². The van der Waals surface area contributed by atoms with Gasteiger partial charge in [-0.1, -0.05) is 19.0 Å². The quantitative estimate of drug-likeness (QED) is 0.930. The van der Waals surface area contributed by atoms with Gasteiger partial charge < -0.3 is 9.63 Å². The molecule has 0 aliphatic rings. The number of carboxylic acids is 1. The van der Waals surface area contributed by atoms with Crippen LogP contribution in [0.4, 0.5) is 0 Å². The van der Waals surface area contributed by atoms with Crippen LogP contribution in [0.5, 0.6) is 0 Å². The fraction of sp³-hybridized carbons (Fsp3) is 0.273. The molecule has 1 N–H and O–H groups in total. The molecule has 0 spiro atoms. The van der Waals surface area contributed by atoms with Crippen molar-refractivity contribution in [2.24, 2.45) is 0 Å². The molecule has 2 aromatic heterocycles. The summed E-state index contributed by atoms with van der Waals surface area (Å²) in [6.07, 6.45) is 0. The maximum absolute atomic E-state index is 11.3. The van der Waals surface area contributed by atoms with Crippen molar-refractivity contribution in [3.8, 4) is 10.6 Å². The lowest BCUT2D eigenvalue weighted by Gasteiger charge is -2.00. The molecule has 90 valence electrons. The second-order valence-electron chi connectivity index (χ2n) is 3.83. The first-order valence-corrected chi connectivity index (χ1v) is 6.65. The number of carboxylic acid groups (broad SMARTS) is 1. The number of carbonyl (C=O) groups is 1. The van der Waals surface area contributed by atoms with Gasteiger partial charge in [-0.2, -0.15) is 0 Å². The van der Waals surface area contributed by atoms with Crippen molar-refractivity contribution in [1.82, 2.24) is 5.16 Å². The van der Waals surface area contributed by atoms with Crippen molar-refractivity contribution in [3.05, 3.63) is 27.2 Å². The number of rotatable bonds is 3. The number of aromatic carboxylic acids is 1. The summed E-state index contributed by atoms with van der Waals surface area (Å²) in [5, 5.41) is 15.0. The van der Waals surface area contributed by atoms with Gasteiger partial charge in [0.1, 0.15) is 11.3 Å². The van der Waals surface area contributed by atoms with E-state index in [2.05, 4.69) is 21.1 Å². The van der Waals surface area contributed by atoms with E-state index < -0.39 is 5.97 Å². The fourth-order valence-electron chi connectivity index (χ4n) is 1.52. The monoisotopic (exact) mass is 315 g/mol. The van der Waals surface area contributed by atoms with Crippen LogP contribution in [0.2, 0.25) is 0 Å². The summed E-state index contributed by atoms with van der Waals surface area (Å²) in [7, 11) is 0. The Morgan fingerprint density at radius 1 is 1.59 bits per heavy atom. The van der Waals surface area contributed by atoms with Crippen LogP contribution in [0.15, 0.2) is 20.4 Å². The van der Waals surface area contributed by atoms with Crippen LogP contribution in [0.25, 0.3) is 10.6 Å². The Morgan fingerprint density at radius 3 is 2.76 bits per heavy atom. The molecule has 0 unspecified atom stereocenters. The molecule has 2 heterocycles. The molecule has 4 nitrogen and oxygen atoms in total. The van der Waals surface area contributed by atoms with Crippen molar-refractivity contribution in [2.45, 2.75) is 19.8 Å². The molecule has 0 fully saturated rings. The van der Waals surface area contributed by atoms with E-state index in [1.165, 1.54) is 11.3 Å². The topological polar surface area (TPSA) is 63.3 Å². The summed E-state index contributed by atoms with van der Waals surface area (Å²) in [5.41, 5.74) is 0.547. The number of thiophene rings is 1. The average molecular weight is 316 g/mol. The maximum atomic E-state index is 11.3. The summed E-state index contributed by atoms with van der Waals surface area (Å²) in [6.45, 7) is 3.75. The minimum Gasteiger partial charge on any atom is -0.477 e. The van der Waals surface area contributed by atoms with Crippen LogP contribution in [-0.2, 0) is 0 Å². The van der Waals surface area contributed by atoms with Crippen molar-refractivity contribution < 1.29 is 14.4 Å².